The Bertz CT molecular complexity index is 1250. The molecule has 6 nitrogen and oxygen atoms in total. The first kappa shape index (κ1) is 21.7. The van der Waals surface area contributed by atoms with Gasteiger partial charge in [-0.3, -0.25) is 9.59 Å². The van der Waals surface area contributed by atoms with E-state index in [0.29, 0.717) is 10.7 Å². The van der Waals surface area contributed by atoms with Crippen molar-refractivity contribution in [1.29, 1.82) is 0 Å². The zero-order valence-electron chi connectivity index (χ0n) is 16.5. The Kier molecular flexibility index (Phi) is 6.06. The molecule has 9 heteroatoms. The van der Waals surface area contributed by atoms with Gasteiger partial charge in [0.15, 0.2) is 0 Å². The molecule has 1 amide bonds. The largest absolute Gasteiger partial charge is 0.369 e. The minimum Gasteiger partial charge on any atom is -0.369 e. The van der Waals surface area contributed by atoms with Crippen molar-refractivity contribution in [3.8, 4) is 33.9 Å². The number of rotatable bonds is 5. The number of aromatic nitrogens is 3. The number of nitrogens with one attached hydrogen (secondary N) is 1. The molecule has 0 aliphatic carbocycles. The number of thiazole rings is 1. The maximum absolute atomic E-state index is 15.4. The van der Waals surface area contributed by atoms with Gasteiger partial charge < -0.3 is 10.7 Å². The fourth-order valence-corrected chi connectivity index (χ4v) is 3.72. The number of primary amides is 1. The van der Waals surface area contributed by atoms with Gasteiger partial charge in [0, 0.05) is 16.9 Å². The number of halogens is 2. The summed E-state index contributed by atoms with van der Waals surface area (Å²) in [5, 5.41) is 2.29. The van der Waals surface area contributed by atoms with Crippen molar-refractivity contribution in [2.24, 2.45) is 11.1 Å². The number of aromatic amines is 1. The minimum absolute atomic E-state index is 0.0305. The lowest BCUT2D eigenvalue weighted by Crippen LogP contribution is -2.33. The predicted octanol–water partition coefficient (Wildman–Crippen LogP) is 3.78. The Balaban J connectivity index is 2.12. The molecule has 1 aromatic carbocycles. The maximum Gasteiger partial charge on any atom is 0.251 e. The molecule has 0 fully saturated rings. The molecule has 3 rings (SSSR count). The Labute approximate surface area is 181 Å². The summed E-state index contributed by atoms with van der Waals surface area (Å²) in [7, 11) is 0. The summed E-state index contributed by atoms with van der Waals surface area (Å²) in [6, 6.07) is 4.26. The van der Waals surface area contributed by atoms with Gasteiger partial charge in [-0.25, -0.2) is 14.4 Å². The van der Waals surface area contributed by atoms with E-state index in [1.54, 1.807) is 26.2 Å². The van der Waals surface area contributed by atoms with Crippen LogP contribution in [0.3, 0.4) is 0 Å². The molecule has 0 aliphatic heterocycles. The Morgan fingerprint density at radius 1 is 1.37 bits per heavy atom. The molecule has 3 aromatic rings. The van der Waals surface area contributed by atoms with E-state index in [0.717, 1.165) is 0 Å². The molecule has 2 aromatic heterocycles. The third kappa shape index (κ3) is 4.42. The molecule has 0 atom stereocenters. The second-order valence-corrected chi connectivity index (χ2v) is 8.48. The molecular weight excluding hydrogens is 427 g/mol. The van der Waals surface area contributed by atoms with Crippen LogP contribution < -0.4 is 11.3 Å². The maximum atomic E-state index is 15.4. The number of amides is 1. The highest BCUT2D eigenvalue weighted by Crippen LogP contribution is 2.33. The quantitative estimate of drug-likeness (QED) is 0.584. The number of nitrogens with two attached hydrogens (primary N) is 1. The summed E-state index contributed by atoms with van der Waals surface area (Å²) >= 11 is 7.51. The first-order valence-corrected chi connectivity index (χ1v) is 10.2. The lowest BCUT2D eigenvalue weighted by molar-refractivity contribution is -0.125. The van der Waals surface area contributed by atoms with Crippen molar-refractivity contribution >= 4 is 28.8 Å². The van der Waals surface area contributed by atoms with Gasteiger partial charge in [-0.1, -0.05) is 37.4 Å². The summed E-state index contributed by atoms with van der Waals surface area (Å²) < 4.78 is 15.4. The molecule has 3 N–H and O–H groups in total. The first-order chi connectivity index (χ1) is 14.1. The highest BCUT2D eigenvalue weighted by Gasteiger charge is 2.28. The van der Waals surface area contributed by atoms with Crippen LogP contribution in [0.5, 0.6) is 0 Å². The standard InChI is InChI=1S/C21H18ClFN4O2S/c1-4-5-12-10-30-19(25-12)14-8-15(28)27-18(26-14)16-13(22)7-6-11(17(16)23)9-21(2,3)20(24)29/h6-8,10H,9H2,1-3H3,(H2,24,29)(H,26,27,28). The van der Waals surface area contributed by atoms with Gasteiger partial charge in [-0.15, -0.1) is 11.3 Å². The summed E-state index contributed by atoms with van der Waals surface area (Å²) in [6.45, 7) is 4.95. The van der Waals surface area contributed by atoms with E-state index in [9.17, 15) is 9.59 Å². The number of hydrogen-bond acceptors (Lipinski definition) is 5. The average Bonchev–Trinajstić information content (AvgIpc) is 3.13. The molecule has 0 unspecified atom stereocenters. The number of carbonyl (C=O) groups excluding carboxylic acids is 1. The normalized spacial score (nSPS) is 11.1. The molecule has 0 saturated carbocycles. The van der Waals surface area contributed by atoms with Crippen molar-refractivity contribution in [2.45, 2.75) is 27.2 Å². The van der Waals surface area contributed by atoms with Crippen LogP contribution in [0.2, 0.25) is 5.02 Å². The van der Waals surface area contributed by atoms with Crippen molar-refractivity contribution < 1.29 is 9.18 Å². The second kappa shape index (κ2) is 8.38. The van der Waals surface area contributed by atoms with Gasteiger partial charge in [0.2, 0.25) is 5.91 Å². The van der Waals surface area contributed by atoms with Crippen LogP contribution >= 0.6 is 22.9 Å². The summed E-state index contributed by atoms with van der Waals surface area (Å²) in [5.41, 5.74) is 4.98. The highest BCUT2D eigenvalue weighted by atomic mass is 35.5. The van der Waals surface area contributed by atoms with Crippen molar-refractivity contribution in [3.05, 3.63) is 56.0 Å². The summed E-state index contributed by atoms with van der Waals surface area (Å²) in [4.78, 5) is 35.1. The Morgan fingerprint density at radius 3 is 2.77 bits per heavy atom. The fourth-order valence-electron chi connectivity index (χ4n) is 2.77. The Hall–Kier alpha value is -3.02. The van der Waals surface area contributed by atoms with Crippen LogP contribution in [-0.4, -0.2) is 20.9 Å². The zero-order chi connectivity index (χ0) is 22.1. The molecule has 0 saturated heterocycles. The Morgan fingerprint density at radius 2 is 2.10 bits per heavy atom. The van der Waals surface area contributed by atoms with Gasteiger partial charge in [0.25, 0.3) is 5.56 Å². The summed E-state index contributed by atoms with van der Waals surface area (Å²) in [6.07, 6.45) is 0.0633. The van der Waals surface area contributed by atoms with Crippen LogP contribution in [0, 0.1) is 23.1 Å². The SMILES string of the molecule is CC#Cc1csc(-c2cc(=O)[nH]c(-c3c(Cl)ccc(CC(C)(C)C(N)=O)c3F)n2)n1. The predicted molar refractivity (Wildman–Crippen MR) is 116 cm³/mol. The topological polar surface area (TPSA) is 102 Å². The molecular formula is C21H18ClFN4O2S. The van der Waals surface area contributed by atoms with Gasteiger partial charge in [0.1, 0.15) is 28.0 Å². The van der Waals surface area contributed by atoms with Crippen molar-refractivity contribution in [3.63, 3.8) is 0 Å². The van der Waals surface area contributed by atoms with Crippen molar-refractivity contribution in [2.75, 3.05) is 0 Å². The lowest BCUT2D eigenvalue weighted by atomic mass is 9.84. The first-order valence-electron chi connectivity index (χ1n) is 8.89. The zero-order valence-corrected chi connectivity index (χ0v) is 18.0. The van der Waals surface area contributed by atoms with Crippen molar-refractivity contribution in [1.82, 2.24) is 15.0 Å². The smallest absolute Gasteiger partial charge is 0.251 e. The van der Waals surface area contributed by atoms with Gasteiger partial charge in [-0.2, -0.15) is 0 Å². The number of benzene rings is 1. The lowest BCUT2D eigenvalue weighted by Gasteiger charge is -2.21. The van der Waals surface area contributed by atoms with Crippen LogP contribution in [0.25, 0.3) is 22.1 Å². The molecule has 154 valence electrons. The third-order valence-electron chi connectivity index (χ3n) is 4.43. The van der Waals surface area contributed by atoms with E-state index in [4.69, 9.17) is 17.3 Å². The number of hydrogen-bond donors (Lipinski definition) is 2. The van der Waals surface area contributed by atoms with E-state index in [1.165, 1.54) is 29.5 Å². The van der Waals surface area contributed by atoms with Crippen LogP contribution in [-0.2, 0) is 11.2 Å². The van der Waals surface area contributed by atoms with E-state index in [1.807, 2.05) is 0 Å². The van der Waals surface area contributed by atoms with E-state index >= 15 is 4.39 Å². The fraction of sp³-hybridized carbons (Fsp3) is 0.238. The summed E-state index contributed by atoms with van der Waals surface area (Å²) in [5.74, 6) is 4.33. The van der Waals surface area contributed by atoms with Gasteiger partial charge in [-0.05, 0) is 30.9 Å². The number of nitrogens with zero attached hydrogens (tertiary/aromatic N) is 2. The third-order valence-corrected chi connectivity index (χ3v) is 5.61. The molecule has 0 bridgehead atoms. The molecule has 0 aliphatic rings. The molecule has 2 heterocycles. The second-order valence-electron chi connectivity index (χ2n) is 7.21. The number of H-pyrrole nitrogens is 1. The minimum atomic E-state index is -0.966. The van der Waals surface area contributed by atoms with E-state index in [2.05, 4.69) is 26.8 Å². The number of carbonyl (C=O) groups is 1. The van der Waals surface area contributed by atoms with E-state index in [-0.39, 0.29) is 34.1 Å². The molecule has 0 spiro atoms. The van der Waals surface area contributed by atoms with E-state index < -0.39 is 22.7 Å². The molecule has 0 radical (unpaired) electrons. The van der Waals surface area contributed by atoms with Gasteiger partial charge in [0.05, 0.1) is 10.6 Å². The van der Waals surface area contributed by atoms with Crippen LogP contribution in [0.15, 0.2) is 28.4 Å². The van der Waals surface area contributed by atoms with Gasteiger partial charge >= 0.3 is 0 Å². The van der Waals surface area contributed by atoms with Crippen LogP contribution in [0.4, 0.5) is 4.39 Å². The molecule has 30 heavy (non-hydrogen) atoms. The average molecular weight is 445 g/mol. The highest BCUT2D eigenvalue weighted by molar-refractivity contribution is 7.13. The van der Waals surface area contributed by atoms with Crippen LogP contribution in [0.1, 0.15) is 32.0 Å². The monoisotopic (exact) mass is 444 g/mol.